The number of carbonyl (C=O) groups excluding carboxylic acids is 3. The predicted molar refractivity (Wildman–Crippen MR) is 139 cm³/mol. The minimum atomic E-state index is -1.41. The van der Waals surface area contributed by atoms with E-state index >= 15 is 0 Å². The highest BCUT2D eigenvalue weighted by Crippen LogP contribution is 2.08. The smallest absolute Gasteiger partial charge is 0.326 e. The van der Waals surface area contributed by atoms with Gasteiger partial charge in [0.2, 0.25) is 17.7 Å². The molecule has 0 spiro atoms. The molecule has 0 aliphatic carbocycles. The lowest BCUT2D eigenvalue weighted by Crippen LogP contribution is -2.58. The van der Waals surface area contributed by atoms with Gasteiger partial charge >= 0.3 is 11.9 Å². The Balaban J connectivity index is 3.15. The van der Waals surface area contributed by atoms with Gasteiger partial charge in [-0.2, -0.15) is 0 Å². The summed E-state index contributed by atoms with van der Waals surface area (Å²) in [7, 11) is 0. The summed E-state index contributed by atoms with van der Waals surface area (Å²) in [6.45, 7) is 3.41. The Labute approximate surface area is 220 Å². The average molecular weight is 536 g/mol. The number of hydrogen-bond donors (Lipinski definition) is 8. The van der Waals surface area contributed by atoms with Crippen molar-refractivity contribution in [2.75, 3.05) is 6.54 Å². The van der Waals surface area contributed by atoms with Gasteiger partial charge in [-0.05, 0) is 24.3 Å². The van der Waals surface area contributed by atoms with Crippen LogP contribution in [0.1, 0.15) is 38.7 Å². The molecule has 0 radical (unpaired) electrons. The summed E-state index contributed by atoms with van der Waals surface area (Å²) in [4.78, 5) is 65.2. The molecule has 11 N–H and O–H groups in total. The van der Waals surface area contributed by atoms with Gasteiger partial charge in [0.15, 0.2) is 5.96 Å². The monoisotopic (exact) mass is 535 g/mol. The summed E-state index contributed by atoms with van der Waals surface area (Å²) in [5.41, 5.74) is 16.9. The Bertz CT molecular complexity index is 997. The number of amides is 3. The first-order chi connectivity index (χ1) is 17.8. The van der Waals surface area contributed by atoms with Gasteiger partial charge in [0, 0.05) is 13.0 Å². The van der Waals surface area contributed by atoms with Gasteiger partial charge in [0.25, 0.3) is 0 Å². The van der Waals surface area contributed by atoms with Gasteiger partial charge in [0.05, 0.1) is 12.5 Å². The van der Waals surface area contributed by atoms with Gasteiger partial charge in [-0.1, -0.05) is 44.2 Å². The molecule has 1 rings (SSSR count). The van der Waals surface area contributed by atoms with Gasteiger partial charge < -0.3 is 43.4 Å². The van der Waals surface area contributed by atoms with E-state index in [0.29, 0.717) is 5.56 Å². The number of guanidine groups is 1. The van der Waals surface area contributed by atoms with Crippen molar-refractivity contribution in [3.05, 3.63) is 35.9 Å². The van der Waals surface area contributed by atoms with Gasteiger partial charge in [-0.25, -0.2) is 4.79 Å². The molecule has 14 nitrogen and oxygen atoms in total. The Hall–Kier alpha value is -4.20. The lowest BCUT2D eigenvalue weighted by molar-refractivity contribution is -0.143. The molecule has 1 aromatic rings. The van der Waals surface area contributed by atoms with Crippen molar-refractivity contribution in [3.8, 4) is 0 Å². The van der Waals surface area contributed by atoms with Gasteiger partial charge in [-0.15, -0.1) is 0 Å². The van der Waals surface area contributed by atoms with Crippen LogP contribution >= 0.6 is 0 Å². The molecule has 0 unspecified atom stereocenters. The SMILES string of the molecule is CC(C)[C@H](NC(=O)[C@H](Cc1ccccc1)NC(=O)[C@H](CCCN=C(N)N)NC(=O)[C@@H](N)CC(=O)O)C(=O)O. The fourth-order valence-corrected chi connectivity index (χ4v) is 3.43. The normalized spacial score (nSPS) is 13.9. The van der Waals surface area contributed by atoms with Crippen LogP contribution in [0, 0.1) is 5.92 Å². The van der Waals surface area contributed by atoms with Crippen LogP contribution in [0.5, 0.6) is 0 Å². The first-order valence-electron chi connectivity index (χ1n) is 12.0. The van der Waals surface area contributed by atoms with E-state index in [2.05, 4.69) is 20.9 Å². The summed E-state index contributed by atoms with van der Waals surface area (Å²) in [6.07, 6.45) is -0.318. The minimum Gasteiger partial charge on any atom is -0.481 e. The van der Waals surface area contributed by atoms with Gasteiger partial charge in [-0.3, -0.25) is 24.2 Å². The zero-order chi connectivity index (χ0) is 28.8. The molecule has 4 atom stereocenters. The number of nitrogens with two attached hydrogens (primary N) is 3. The fourth-order valence-electron chi connectivity index (χ4n) is 3.43. The second-order valence-electron chi connectivity index (χ2n) is 9.03. The lowest BCUT2D eigenvalue weighted by Gasteiger charge is -2.26. The summed E-state index contributed by atoms with van der Waals surface area (Å²) >= 11 is 0. The van der Waals surface area contributed by atoms with E-state index in [1.807, 2.05) is 0 Å². The maximum atomic E-state index is 13.2. The van der Waals surface area contributed by atoms with Crippen LogP contribution in [0.2, 0.25) is 0 Å². The number of nitrogens with zero attached hydrogens (tertiary/aromatic N) is 1. The summed E-state index contributed by atoms with van der Waals surface area (Å²) in [5, 5.41) is 25.8. The van der Waals surface area contributed by atoms with Crippen LogP contribution < -0.4 is 33.2 Å². The Morgan fingerprint density at radius 2 is 1.47 bits per heavy atom. The van der Waals surface area contributed by atoms with Crippen LogP contribution in [0.4, 0.5) is 0 Å². The van der Waals surface area contributed by atoms with E-state index in [1.54, 1.807) is 44.2 Å². The average Bonchev–Trinajstić information content (AvgIpc) is 2.83. The molecule has 0 bridgehead atoms. The third-order valence-corrected chi connectivity index (χ3v) is 5.46. The predicted octanol–water partition coefficient (Wildman–Crippen LogP) is -1.72. The highest BCUT2D eigenvalue weighted by molar-refractivity contribution is 5.94. The lowest BCUT2D eigenvalue weighted by atomic mass is 10.0. The Morgan fingerprint density at radius 3 is 2.00 bits per heavy atom. The van der Waals surface area contributed by atoms with Crippen molar-refractivity contribution in [2.45, 2.75) is 63.7 Å². The standard InChI is InChI=1S/C24H37N7O7/c1-13(2)19(23(37)38)31-22(36)17(11-14-7-4-3-5-8-14)30-21(35)16(9-6-10-28-24(26)27)29-20(34)15(25)12-18(32)33/h3-5,7-8,13,15-17,19H,6,9-12,25H2,1-2H3,(H,29,34)(H,30,35)(H,31,36)(H,32,33)(H,37,38)(H4,26,27,28)/t15-,16-,17-,19-/m0/s1. The van der Waals surface area contributed by atoms with Crippen molar-refractivity contribution < 1.29 is 34.2 Å². The van der Waals surface area contributed by atoms with E-state index in [0.717, 1.165) is 0 Å². The van der Waals surface area contributed by atoms with Crippen molar-refractivity contribution in [1.82, 2.24) is 16.0 Å². The van der Waals surface area contributed by atoms with Crippen molar-refractivity contribution in [1.29, 1.82) is 0 Å². The number of carboxylic acids is 2. The summed E-state index contributed by atoms with van der Waals surface area (Å²) in [5.74, 6) is -5.45. The highest BCUT2D eigenvalue weighted by atomic mass is 16.4. The third-order valence-electron chi connectivity index (χ3n) is 5.46. The molecule has 0 aliphatic heterocycles. The molecule has 210 valence electrons. The zero-order valence-corrected chi connectivity index (χ0v) is 21.4. The van der Waals surface area contributed by atoms with E-state index in [-0.39, 0.29) is 31.8 Å². The molecule has 0 saturated heterocycles. The quantitative estimate of drug-likeness (QED) is 0.0675. The number of hydrogen-bond acceptors (Lipinski definition) is 7. The molecule has 0 aromatic heterocycles. The van der Waals surface area contributed by atoms with Crippen LogP contribution in [-0.4, -0.2) is 76.5 Å². The molecule has 1 aromatic carbocycles. The molecule has 0 fully saturated rings. The number of nitrogens with one attached hydrogen (secondary N) is 3. The van der Waals surface area contributed by atoms with Crippen LogP contribution in [0.25, 0.3) is 0 Å². The highest BCUT2D eigenvalue weighted by Gasteiger charge is 2.31. The number of carboxylic acid groups (broad SMARTS) is 2. The second kappa shape index (κ2) is 15.8. The largest absolute Gasteiger partial charge is 0.481 e. The van der Waals surface area contributed by atoms with Crippen molar-refractivity contribution in [2.24, 2.45) is 28.1 Å². The van der Waals surface area contributed by atoms with Crippen LogP contribution in [0.3, 0.4) is 0 Å². The van der Waals surface area contributed by atoms with Gasteiger partial charge in [0.1, 0.15) is 18.1 Å². The van der Waals surface area contributed by atoms with E-state index in [1.165, 1.54) is 0 Å². The van der Waals surface area contributed by atoms with Crippen LogP contribution in [0.15, 0.2) is 35.3 Å². The second-order valence-corrected chi connectivity index (χ2v) is 9.03. The number of benzene rings is 1. The first-order valence-corrected chi connectivity index (χ1v) is 12.0. The number of aliphatic carboxylic acids is 2. The molecule has 14 heteroatoms. The van der Waals surface area contributed by atoms with Crippen molar-refractivity contribution >= 4 is 35.6 Å². The van der Waals surface area contributed by atoms with E-state index < -0.39 is 66.2 Å². The minimum absolute atomic E-state index is 0.0377. The molecule has 3 amide bonds. The summed E-state index contributed by atoms with van der Waals surface area (Å²) in [6, 6.07) is 3.75. The van der Waals surface area contributed by atoms with Crippen molar-refractivity contribution in [3.63, 3.8) is 0 Å². The molecular weight excluding hydrogens is 498 g/mol. The number of aliphatic imine (C=N–C) groups is 1. The number of rotatable bonds is 16. The molecule has 0 aliphatic rings. The first kappa shape index (κ1) is 31.8. The Kier molecular flexibility index (Phi) is 13.2. The molecule has 0 heterocycles. The molecular formula is C24H37N7O7. The third kappa shape index (κ3) is 11.7. The molecule has 0 saturated carbocycles. The number of carbonyl (C=O) groups is 5. The van der Waals surface area contributed by atoms with E-state index in [9.17, 15) is 29.1 Å². The zero-order valence-electron chi connectivity index (χ0n) is 21.4. The van der Waals surface area contributed by atoms with Crippen LogP contribution in [-0.2, 0) is 30.4 Å². The van der Waals surface area contributed by atoms with E-state index in [4.69, 9.17) is 22.3 Å². The molecule has 38 heavy (non-hydrogen) atoms. The fraction of sp³-hybridized carbons (Fsp3) is 0.500. The Morgan fingerprint density at radius 1 is 0.895 bits per heavy atom. The summed E-state index contributed by atoms with van der Waals surface area (Å²) < 4.78 is 0. The maximum Gasteiger partial charge on any atom is 0.326 e. The topological polar surface area (TPSA) is 252 Å². The maximum absolute atomic E-state index is 13.2.